The highest BCUT2D eigenvalue weighted by molar-refractivity contribution is 6.02. The summed E-state index contributed by atoms with van der Waals surface area (Å²) in [6.45, 7) is 8.14. The topological polar surface area (TPSA) is 66.4 Å². The van der Waals surface area contributed by atoms with Gasteiger partial charge in [-0.25, -0.2) is 8.78 Å². The molecular weight excluding hydrogens is 570 g/mol. The second-order valence-corrected chi connectivity index (χ2v) is 13.2. The van der Waals surface area contributed by atoms with Gasteiger partial charge in [0.1, 0.15) is 29.5 Å². The Balaban J connectivity index is 1.26. The Morgan fingerprint density at radius 3 is 2.76 bits per heavy atom. The molecule has 4 aliphatic heterocycles. The molecule has 45 heavy (non-hydrogen) atoms. The van der Waals surface area contributed by atoms with Crippen molar-refractivity contribution in [2.75, 3.05) is 37.7 Å². The van der Waals surface area contributed by atoms with E-state index in [9.17, 15) is 4.39 Å². The average molecular weight is 607 g/mol. The molecule has 0 radical (unpaired) electrons. The molecule has 4 fully saturated rings. The molecule has 4 aromatic rings. The van der Waals surface area contributed by atoms with Crippen LogP contribution in [0, 0.1) is 24.0 Å². The van der Waals surface area contributed by atoms with Gasteiger partial charge in [0.25, 0.3) is 0 Å². The van der Waals surface area contributed by atoms with Crippen molar-refractivity contribution in [1.29, 1.82) is 0 Å². The lowest BCUT2D eigenvalue weighted by molar-refractivity contribution is 0.0717. The quantitative estimate of drug-likeness (QED) is 0.221. The van der Waals surface area contributed by atoms with Crippen molar-refractivity contribution >= 4 is 27.5 Å². The maximum Gasteiger partial charge on any atom is 0.319 e. The summed E-state index contributed by atoms with van der Waals surface area (Å²) >= 11 is 0. The lowest BCUT2D eigenvalue weighted by Gasteiger charge is -2.36. The summed E-state index contributed by atoms with van der Waals surface area (Å²) in [6.07, 6.45) is 15.0. The number of halogens is 2. The monoisotopic (exact) mass is 606 g/mol. The number of anilines is 1. The molecule has 3 unspecified atom stereocenters. The van der Waals surface area contributed by atoms with Crippen LogP contribution < -0.4 is 15.0 Å². The van der Waals surface area contributed by atoms with E-state index in [1.54, 1.807) is 24.4 Å². The molecule has 9 heteroatoms. The predicted octanol–water partition coefficient (Wildman–Crippen LogP) is 6.00. The number of aromatic nitrogens is 3. The second-order valence-electron chi connectivity index (χ2n) is 13.2. The molecule has 4 saturated heterocycles. The average Bonchev–Trinajstić information content (AvgIpc) is 3.48. The third-order valence-electron chi connectivity index (χ3n) is 10.3. The maximum absolute atomic E-state index is 16.8. The van der Waals surface area contributed by atoms with Crippen LogP contribution in [0.3, 0.4) is 0 Å². The third-order valence-corrected chi connectivity index (χ3v) is 10.3. The van der Waals surface area contributed by atoms with E-state index in [0.29, 0.717) is 46.2 Å². The molecule has 3 atom stereocenters. The number of terminal acetylenes is 1. The Hall–Kier alpha value is -4.13. The summed E-state index contributed by atoms with van der Waals surface area (Å²) in [4.78, 5) is 19.0. The number of rotatable bonds is 5. The first kappa shape index (κ1) is 28.4. The largest absolute Gasteiger partial charge is 0.461 e. The van der Waals surface area contributed by atoms with Gasteiger partial charge >= 0.3 is 6.01 Å². The van der Waals surface area contributed by atoms with Gasteiger partial charge in [0.05, 0.1) is 16.5 Å². The molecule has 2 bridgehead atoms. The highest BCUT2D eigenvalue weighted by Gasteiger charge is 2.44. The normalized spacial score (nSPS) is 25.0. The molecule has 0 spiro atoms. The summed E-state index contributed by atoms with van der Waals surface area (Å²) in [6, 6.07) is 9.19. The van der Waals surface area contributed by atoms with Gasteiger partial charge in [-0.1, -0.05) is 55.2 Å². The highest BCUT2D eigenvalue weighted by Crippen LogP contribution is 2.41. The van der Waals surface area contributed by atoms with Crippen molar-refractivity contribution in [3.05, 3.63) is 65.9 Å². The molecule has 1 N–H and O–H groups in total. The standard InChI is InChI=1S/C36H36F2N6O/c1-3-26-29(37)13-10-23-8-7-9-27(30(23)26)32-31(38)33-28(17-39-32)34(43-19-24-11-12-25(20-43)40-24)42-35(41-33)45-21-36-14-5-4-6-15-44(36)18-22(2)16-36/h1,7-10,13,17,24-25,40H,2,4-6,11-12,14-16,18-21H2. The summed E-state index contributed by atoms with van der Waals surface area (Å²) in [5.74, 6) is 1.95. The summed E-state index contributed by atoms with van der Waals surface area (Å²) < 4.78 is 38.1. The molecule has 4 aliphatic rings. The minimum Gasteiger partial charge on any atom is -0.461 e. The Bertz CT molecular complexity index is 1880. The zero-order valence-electron chi connectivity index (χ0n) is 25.3. The lowest BCUT2D eigenvalue weighted by Crippen LogP contribution is -2.51. The zero-order valence-corrected chi connectivity index (χ0v) is 25.3. The van der Waals surface area contributed by atoms with Crippen LogP contribution in [0.4, 0.5) is 14.6 Å². The summed E-state index contributed by atoms with van der Waals surface area (Å²) in [5, 5.41) is 5.34. The molecule has 6 heterocycles. The van der Waals surface area contributed by atoms with Gasteiger partial charge in [0.2, 0.25) is 0 Å². The number of hydrogen-bond acceptors (Lipinski definition) is 7. The van der Waals surface area contributed by atoms with Crippen LogP contribution in [-0.4, -0.2) is 70.3 Å². The molecule has 0 saturated carbocycles. The molecule has 0 aliphatic carbocycles. The Morgan fingerprint density at radius 2 is 1.93 bits per heavy atom. The molecule has 2 aromatic carbocycles. The minimum atomic E-state index is -0.609. The number of hydrogen-bond donors (Lipinski definition) is 1. The SMILES string of the molecule is C#Cc1c(F)ccc2cccc(-c3ncc4c(N5CC6CCC(C5)N6)nc(OCC56CCCCCN5CC(=C)C6)nc4c3F)c12. The fraction of sp³-hybridized carbons (Fsp3) is 0.417. The number of fused-ring (bicyclic) bond motifs is 5. The first-order chi connectivity index (χ1) is 21.9. The van der Waals surface area contributed by atoms with E-state index < -0.39 is 11.6 Å². The van der Waals surface area contributed by atoms with Gasteiger partial charge in [-0.05, 0) is 50.1 Å². The number of benzene rings is 2. The van der Waals surface area contributed by atoms with Crippen LogP contribution in [0.1, 0.15) is 50.5 Å². The zero-order chi connectivity index (χ0) is 30.7. The van der Waals surface area contributed by atoms with Crippen molar-refractivity contribution in [3.8, 4) is 29.6 Å². The van der Waals surface area contributed by atoms with E-state index in [-0.39, 0.29) is 28.3 Å². The fourth-order valence-corrected chi connectivity index (χ4v) is 8.16. The minimum absolute atomic E-state index is 0.0619. The first-order valence-electron chi connectivity index (χ1n) is 16.0. The van der Waals surface area contributed by atoms with Gasteiger partial charge in [0.15, 0.2) is 5.82 Å². The number of ether oxygens (including phenoxy) is 1. The van der Waals surface area contributed by atoms with Crippen molar-refractivity contribution in [2.45, 2.75) is 62.6 Å². The van der Waals surface area contributed by atoms with Crippen molar-refractivity contribution < 1.29 is 13.5 Å². The summed E-state index contributed by atoms with van der Waals surface area (Å²) in [7, 11) is 0. The third kappa shape index (κ3) is 4.82. The smallest absolute Gasteiger partial charge is 0.319 e. The number of nitrogens with zero attached hydrogens (tertiary/aromatic N) is 5. The van der Waals surface area contributed by atoms with Crippen LogP contribution in [-0.2, 0) is 0 Å². The number of pyridine rings is 1. The van der Waals surface area contributed by atoms with E-state index in [0.717, 1.165) is 64.7 Å². The van der Waals surface area contributed by atoms with Crippen LogP contribution in [0.2, 0.25) is 0 Å². The first-order valence-corrected chi connectivity index (χ1v) is 16.0. The van der Waals surface area contributed by atoms with Crippen LogP contribution in [0.25, 0.3) is 32.9 Å². The van der Waals surface area contributed by atoms with Crippen LogP contribution in [0.5, 0.6) is 6.01 Å². The van der Waals surface area contributed by atoms with Crippen LogP contribution >= 0.6 is 0 Å². The number of piperazine rings is 1. The Kier molecular flexibility index (Phi) is 6.95. The fourth-order valence-electron chi connectivity index (χ4n) is 8.16. The molecule has 230 valence electrons. The van der Waals surface area contributed by atoms with Crippen molar-refractivity contribution in [2.24, 2.45) is 0 Å². The van der Waals surface area contributed by atoms with E-state index in [2.05, 4.69) is 32.6 Å². The molecular formula is C36H36F2N6O. The molecule has 2 aromatic heterocycles. The predicted molar refractivity (Wildman–Crippen MR) is 172 cm³/mol. The van der Waals surface area contributed by atoms with Gasteiger partial charge in [-0.2, -0.15) is 9.97 Å². The van der Waals surface area contributed by atoms with E-state index in [1.165, 1.54) is 18.1 Å². The lowest BCUT2D eigenvalue weighted by atomic mass is 9.90. The van der Waals surface area contributed by atoms with E-state index in [4.69, 9.17) is 21.1 Å². The Labute approximate surface area is 261 Å². The van der Waals surface area contributed by atoms with E-state index >= 15 is 4.39 Å². The highest BCUT2D eigenvalue weighted by atomic mass is 19.1. The molecule has 0 amide bonds. The number of nitrogens with one attached hydrogen (secondary N) is 1. The van der Waals surface area contributed by atoms with Crippen LogP contribution in [0.15, 0.2) is 48.7 Å². The van der Waals surface area contributed by atoms with E-state index in [1.807, 2.05) is 6.07 Å². The van der Waals surface area contributed by atoms with Gasteiger partial charge in [0, 0.05) is 48.9 Å². The van der Waals surface area contributed by atoms with Crippen molar-refractivity contribution in [3.63, 3.8) is 0 Å². The Morgan fingerprint density at radius 1 is 1.09 bits per heavy atom. The molecule has 8 rings (SSSR count). The second kappa shape index (κ2) is 11.0. The van der Waals surface area contributed by atoms with Gasteiger partial charge in [-0.3, -0.25) is 9.88 Å². The van der Waals surface area contributed by atoms with Gasteiger partial charge < -0.3 is 15.0 Å². The maximum atomic E-state index is 16.8. The summed E-state index contributed by atoms with van der Waals surface area (Å²) in [5.41, 5.74) is 1.76. The molecule has 7 nitrogen and oxygen atoms in total. The van der Waals surface area contributed by atoms with Gasteiger partial charge in [-0.15, -0.1) is 6.42 Å². The van der Waals surface area contributed by atoms with Crippen molar-refractivity contribution in [1.82, 2.24) is 25.2 Å².